The van der Waals surface area contributed by atoms with Crippen LogP contribution in [0, 0.1) is 0 Å². The Labute approximate surface area is 175 Å². The smallest absolute Gasteiger partial charge is 0.273 e. The molecule has 1 amide bonds. The molecule has 4 aromatic rings. The third-order valence-electron chi connectivity index (χ3n) is 4.79. The molecule has 0 aliphatic carbocycles. The summed E-state index contributed by atoms with van der Waals surface area (Å²) < 4.78 is 7.12. The number of nitrogens with zero attached hydrogens (tertiary/aromatic N) is 3. The topological polar surface area (TPSA) is 73.0 Å². The Hall–Kier alpha value is -3.67. The third kappa shape index (κ3) is 4.33. The van der Waals surface area contributed by atoms with E-state index in [9.17, 15) is 4.79 Å². The largest absolute Gasteiger partial charge is 0.444 e. The van der Waals surface area contributed by atoms with Gasteiger partial charge in [-0.05, 0) is 23.8 Å². The number of benzene rings is 2. The predicted molar refractivity (Wildman–Crippen MR) is 116 cm³/mol. The van der Waals surface area contributed by atoms with E-state index in [1.54, 1.807) is 10.9 Å². The molecular formula is C24H24N4O2. The van der Waals surface area contributed by atoms with Crippen LogP contribution in [-0.2, 0) is 12.0 Å². The molecule has 2 heterocycles. The summed E-state index contributed by atoms with van der Waals surface area (Å²) in [7, 11) is 0. The van der Waals surface area contributed by atoms with Crippen LogP contribution in [0.1, 0.15) is 42.5 Å². The van der Waals surface area contributed by atoms with Crippen molar-refractivity contribution < 1.29 is 9.21 Å². The number of aromatic nitrogens is 3. The van der Waals surface area contributed by atoms with Gasteiger partial charge in [0.1, 0.15) is 5.69 Å². The zero-order valence-corrected chi connectivity index (χ0v) is 17.3. The lowest BCUT2D eigenvalue weighted by molar-refractivity contribution is 0.101. The second-order valence-electron chi connectivity index (χ2n) is 8.21. The summed E-state index contributed by atoms with van der Waals surface area (Å²) in [5.74, 6) is 0.443. The highest BCUT2D eigenvalue weighted by Gasteiger charge is 2.23. The van der Waals surface area contributed by atoms with E-state index in [4.69, 9.17) is 9.52 Å². The molecule has 0 atom stereocenters. The van der Waals surface area contributed by atoms with Gasteiger partial charge in [-0.1, -0.05) is 63.2 Å². The number of anilines is 1. The summed E-state index contributed by atoms with van der Waals surface area (Å²) in [5, 5.41) is 7.72. The molecule has 2 aromatic heterocycles. The Kier molecular flexibility index (Phi) is 5.23. The van der Waals surface area contributed by atoms with Crippen molar-refractivity contribution in [2.24, 2.45) is 0 Å². The van der Waals surface area contributed by atoms with Crippen LogP contribution in [0.15, 0.2) is 77.7 Å². The molecule has 0 saturated heterocycles. The molecule has 0 aliphatic rings. The number of carbonyl (C=O) groups is 1. The summed E-state index contributed by atoms with van der Waals surface area (Å²) in [6.07, 6.45) is 3.03. The van der Waals surface area contributed by atoms with E-state index in [1.807, 2.05) is 60.7 Å². The van der Waals surface area contributed by atoms with Gasteiger partial charge in [0.25, 0.3) is 5.91 Å². The average Bonchev–Trinajstić information content (AvgIpc) is 3.39. The van der Waals surface area contributed by atoms with Gasteiger partial charge < -0.3 is 9.73 Å². The number of hydrogen-bond acceptors (Lipinski definition) is 4. The van der Waals surface area contributed by atoms with Crippen molar-refractivity contribution >= 4 is 11.6 Å². The van der Waals surface area contributed by atoms with Crippen LogP contribution in [0.3, 0.4) is 0 Å². The lowest BCUT2D eigenvalue weighted by atomic mass is 9.92. The molecule has 0 spiro atoms. The van der Waals surface area contributed by atoms with Crippen molar-refractivity contribution in [3.63, 3.8) is 0 Å². The van der Waals surface area contributed by atoms with Gasteiger partial charge in [-0.3, -0.25) is 9.48 Å². The van der Waals surface area contributed by atoms with E-state index in [1.165, 1.54) is 6.39 Å². The van der Waals surface area contributed by atoms with E-state index in [0.717, 1.165) is 16.8 Å². The molecule has 152 valence electrons. The normalized spacial score (nSPS) is 11.4. The standard InChI is InChI=1S/C24H24N4O2/c1-24(2,3)22-13-20(28(27-22)15-17-8-5-4-6-9-17)23(29)26-19-11-7-10-18(12-19)21-14-25-16-30-21/h4-14,16H,15H2,1-3H3,(H,26,29). The third-order valence-corrected chi connectivity index (χ3v) is 4.79. The van der Waals surface area contributed by atoms with Crippen molar-refractivity contribution in [2.45, 2.75) is 32.7 Å². The first-order valence-electron chi connectivity index (χ1n) is 9.83. The van der Waals surface area contributed by atoms with Gasteiger partial charge in [-0.15, -0.1) is 0 Å². The fourth-order valence-electron chi connectivity index (χ4n) is 3.15. The van der Waals surface area contributed by atoms with Crippen LogP contribution in [0.2, 0.25) is 0 Å². The highest BCUT2D eigenvalue weighted by Crippen LogP contribution is 2.25. The van der Waals surface area contributed by atoms with Gasteiger partial charge in [0.15, 0.2) is 12.2 Å². The van der Waals surface area contributed by atoms with Crippen LogP contribution in [-0.4, -0.2) is 20.7 Å². The van der Waals surface area contributed by atoms with Crippen LogP contribution in [0.5, 0.6) is 0 Å². The molecule has 4 rings (SSSR count). The highest BCUT2D eigenvalue weighted by molar-refractivity contribution is 6.03. The molecule has 0 unspecified atom stereocenters. The number of rotatable bonds is 5. The number of nitrogens with one attached hydrogen (secondary N) is 1. The summed E-state index contributed by atoms with van der Waals surface area (Å²) in [6, 6.07) is 19.4. The number of oxazole rings is 1. The van der Waals surface area contributed by atoms with E-state index in [2.05, 4.69) is 31.1 Å². The van der Waals surface area contributed by atoms with Gasteiger partial charge in [-0.25, -0.2) is 4.98 Å². The number of amides is 1. The van der Waals surface area contributed by atoms with E-state index >= 15 is 0 Å². The number of hydrogen-bond donors (Lipinski definition) is 1. The number of carbonyl (C=O) groups excluding carboxylic acids is 1. The molecular weight excluding hydrogens is 376 g/mol. The first-order valence-corrected chi connectivity index (χ1v) is 9.83. The Morgan fingerprint density at radius 2 is 1.87 bits per heavy atom. The second kappa shape index (κ2) is 7.99. The van der Waals surface area contributed by atoms with Crippen LogP contribution >= 0.6 is 0 Å². The maximum absolute atomic E-state index is 13.2. The molecule has 6 nitrogen and oxygen atoms in total. The van der Waals surface area contributed by atoms with Crippen LogP contribution < -0.4 is 5.32 Å². The lowest BCUT2D eigenvalue weighted by Gasteiger charge is -2.14. The lowest BCUT2D eigenvalue weighted by Crippen LogP contribution is -2.18. The fraction of sp³-hybridized carbons (Fsp3) is 0.208. The van der Waals surface area contributed by atoms with Crippen molar-refractivity contribution in [3.8, 4) is 11.3 Å². The Bertz CT molecular complexity index is 1140. The summed E-state index contributed by atoms with van der Waals surface area (Å²) in [4.78, 5) is 17.1. The van der Waals surface area contributed by atoms with Crippen molar-refractivity contribution in [2.75, 3.05) is 5.32 Å². The molecule has 30 heavy (non-hydrogen) atoms. The molecule has 0 saturated carbocycles. The van der Waals surface area contributed by atoms with Gasteiger partial charge in [0, 0.05) is 16.7 Å². The van der Waals surface area contributed by atoms with Crippen molar-refractivity contribution in [1.29, 1.82) is 0 Å². The Balaban J connectivity index is 1.63. The van der Waals surface area contributed by atoms with Gasteiger partial charge >= 0.3 is 0 Å². The van der Waals surface area contributed by atoms with Crippen LogP contribution in [0.25, 0.3) is 11.3 Å². The monoisotopic (exact) mass is 400 g/mol. The summed E-state index contributed by atoms with van der Waals surface area (Å²) in [6.45, 7) is 6.79. The summed E-state index contributed by atoms with van der Waals surface area (Å²) in [5.41, 5.74) is 3.84. The highest BCUT2D eigenvalue weighted by atomic mass is 16.3. The first kappa shape index (κ1) is 19.6. The minimum atomic E-state index is -0.205. The zero-order chi connectivity index (χ0) is 21.1. The predicted octanol–water partition coefficient (Wildman–Crippen LogP) is 5.14. The van der Waals surface area contributed by atoms with Crippen LogP contribution in [0.4, 0.5) is 5.69 Å². The molecule has 6 heteroatoms. The average molecular weight is 400 g/mol. The minimum absolute atomic E-state index is 0.164. The van der Waals surface area contributed by atoms with Gasteiger partial charge in [0.05, 0.1) is 18.4 Å². The van der Waals surface area contributed by atoms with E-state index < -0.39 is 0 Å². The Morgan fingerprint density at radius 3 is 2.57 bits per heavy atom. The quantitative estimate of drug-likeness (QED) is 0.504. The summed E-state index contributed by atoms with van der Waals surface area (Å²) >= 11 is 0. The first-order chi connectivity index (χ1) is 14.4. The molecule has 1 N–H and O–H groups in total. The molecule has 0 aliphatic heterocycles. The van der Waals surface area contributed by atoms with E-state index in [0.29, 0.717) is 23.7 Å². The van der Waals surface area contributed by atoms with Gasteiger partial charge in [0.2, 0.25) is 0 Å². The minimum Gasteiger partial charge on any atom is -0.444 e. The Morgan fingerprint density at radius 1 is 1.07 bits per heavy atom. The molecule has 0 fully saturated rings. The molecule has 0 bridgehead atoms. The second-order valence-corrected chi connectivity index (χ2v) is 8.21. The van der Waals surface area contributed by atoms with Crippen molar-refractivity contribution in [1.82, 2.24) is 14.8 Å². The molecule has 0 radical (unpaired) electrons. The van der Waals surface area contributed by atoms with E-state index in [-0.39, 0.29) is 11.3 Å². The van der Waals surface area contributed by atoms with Crippen molar-refractivity contribution in [3.05, 3.63) is 90.2 Å². The SMILES string of the molecule is CC(C)(C)c1cc(C(=O)Nc2cccc(-c3cnco3)c2)n(Cc2ccccc2)n1. The maximum Gasteiger partial charge on any atom is 0.273 e. The maximum atomic E-state index is 13.2. The van der Waals surface area contributed by atoms with Gasteiger partial charge in [-0.2, -0.15) is 5.10 Å². The molecule has 2 aromatic carbocycles. The zero-order valence-electron chi connectivity index (χ0n) is 17.3. The fourth-order valence-corrected chi connectivity index (χ4v) is 3.15.